The van der Waals surface area contributed by atoms with E-state index < -0.39 is 11.8 Å². The van der Waals surface area contributed by atoms with Crippen molar-refractivity contribution in [2.45, 2.75) is 57.2 Å². The number of aliphatic hydroxyl groups excluding tert-OH is 1. The van der Waals surface area contributed by atoms with Crippen molar-refractivity contribution < 1.29 is 24.2 Å². The number of anilines is 2. The number of amides is 2. The van der Waals surface area contributed by atoms with Crippen LogP contribution >= 0.6 is 0 Å². The van der Waals surface area contributed by atoms with E-state index in [0.717, 1.165) is 31.6 Å². The van der Waals surface area contributed by atoms with Crippen molar-refractivity contribution in [3.63, 3.8) is 0 Å². The molecule has 0 bridgehead atoms. The highest BCUT2D eigenvalue weighted by molar-refractivity contribution is 6.10. The van der Waals surface area contributed by atoms with Crippen LogP contribution in [0.5, 0.6) is 0 Å². The number of carbonyl (C=O) groups is 2. The van der Waals surface area contributed by atoms with Gasteiger partial charge in [-0.05, 0) is 50.5 Å². The smallest absolute Gasteiger partial charge is 0.261 e. The van der Waals surface area contributed by atoms with Gasteiger partial charge in [0, 0.05) is 56.7 Å². The predicted molar refractivity (Wildman–Crippen MR) is 146 cm³/mol. The monoisotopic (exact) mass is 551 g/mol. The summed E-state index contributed by atoms with van der Waals surface area (Å²) in [5, 5.41) is 27.0. The second-order valence-corrected chi connectivity index (χ2v) is 11.5. The lowest BCUT2D eigenvalue weighted by molar-refractivity contribution is -0.0159. The highest BCUT2D eigenvalue weighted by Gasteiger charge is 2.37. The molecule has 1 aromatic carbocycles. The maximum atomic E-state index is 14.7. The fraction of sp³-hybridized carbons (Fsp3) is 0.500. The number of hydrogen-bond acceptors (Lipinski definition) is 8. The molecule has 0 spiro atoms. The average Bonchev–Trinajstić information content (AvgIpc) is 3.47. The van der Waals surface area contributed by atoms with Gasteiger partial charge >= 0.3 is 0 Å². The maximum Gasteiger partial charge on any atom is 0.261 e. The van der Waals surface area contributed by atoms with Crippen LogP contribution in [0.25, 0.3) is 5.65 Å². The largest absolute Gasteiger partial charge is 0.393 e. The highest BCUT2D eigenvalue weighted by Crippen LogP contribution is 2.36. The van der Waals surface area contributed by atoms with Crippen LogP contribution in [0.4, 0.5) is 15.8 Å². The molecule has 6 rings (SSSR count). The lowest BCUT2D eigenvalue weighted by Crippen LogP contribution is -2.55. The number of alkyl halides is 1. The Balaban J connectivity index is 1.28. The molecule has 1 saturated carbocycles. The Labute approximate surface area is 231 Å². The van der Waals surface area contributed by atoms with Gasteiger partial charge < -0.3 is 25.3 Å². The number of rotatable bonds is 7. The van der Waals surface area contributed by atoms with E-state index >= 15 is 0 Å². The number of nitrogens with zero attached hydrogens (tertiary/aromatic N) is 6. The zero-order chi connectivity index (χ0) is 28.2. The molecule has 2 amide bonds. The molecule has 40 heavy (non-hydrogen) atoms. The van der Waals surface area contributed by atoms with Gasteiger partial charge in [0.05, 0.1) is 35.8 Å². The van der Waals surface area contributed by atoms with Crippen LogP contribution in [-0.4, -0.2) is 103 Å². The van der Waals surface area contributed by atoms with E-state index in [1.54, 1.807) is 30.6 Å². The molecule has 212 valence electrons. The molecule has 11 nitrogen and oxygen atoms in total. The van der Waals surface area contributed by atoms with Gasteiger partial charge in [-0.2, -0.15) is 5.10 Å². The summed E-state index contributed by atoms with van der Waals surface area (Å²) >= 11 is 0. The van der Waals surface area contributed by atoms with Crippen molar-refractivity contribution in [3.05, 3.63) is 53.5 Å². The van der Waals surface area contributed by atoms with Crippen LogP contribution in [0, 0.1) is 0 Å². The van der Waals surface area contributed by atoms with Crippen LogP contribution in [0.3, 0.4) is 0 Å². The normalized spacial score (nSPS) is 22.4. The number of aromatic nitrogens is 3. The van der Waals surface area contributed by atoms with E-state index in [-0.39, 0.29) is 31.0 Å². The molecule has 3 aliphatic rings. The first-order valence-electron chi connectivity index (χ1n) is 13.7. The summed E-state index contributed by atoms with van der Waals surface area (Å²) in [4.78, 5) is 36.9. The van der Waals surface area contributed by atoms with E-state index in [0.29, 0.717) is 47.2 Å². The number of nitrogens with one attached hydrogen (secondary N) is 1. The third-order valence-corrected chi connectivity index (χ3v) is 8.28. The molecule has 0 radical (unpaired) electrons. The predicted octanol–water partition coefficient (Wildman–Crippen LogP) is 1.69. The minimum atomic E-state index is -1.61. The van der Waals surface area contributed by atoms with E-state index in [1.165, 1.54) is 29.5 Å². The minimum Gasteiger partial charge on any atom is -0.393 e. The molecule has 4 heterocycles. The Hall–Kier alpha value is -3.61. The summed E-state index contributed by atoms with van der Waals surface area (Å²) in [6.45, 7) is 5.71. The zero-order valence-corrected chi connectivity index (χ0v) is 22.6. The van der Waals surface area contributed by atoms with Crippen molar-refractivity contribution in [2.75, 3.05) is 42.9 Å². The van der Waals surface area contributed by atoms with Crippen molar-refractivity contribution in [3.8, 4) is 0 Å². The first-order valence-corrected chi connectivity index (χ1v) is 13.7. The number of piperazine rings is 1. The number of benzene rings is 1. The van der Waals surface area contributed by atoms with E-state index in [2.05, 4.69) is 25.2 Å². The first-order chi connectivity index (χ1) is 19.1. The lowest BCUT2D eigenvalue weighted by Gasteiger charge is -2.45. The number of hydrogen-bond donors (Lipinski definition) is 3. The van der Waals surface area contributed by atoms with Crippen LogP contribution in [0.2, 0.25) is 0 Å². The summed E-state index contributed by atoms with van der Waals surface area (Å²) in [6.07, 6.45) is 4.54. The standard InChI is InChI=1S/C28H34FN7O4/c1-28(2,40)24(29)16-35-15-17-10-22(32-26(38)21-14-31-36-5-3-4-30-25(21)36)23(13-20(17)27(35)39)34-8-6-33(7-9-34)18-11-19(37)12-18/h3-5,10,13-14,18-19,24,37,40H,6-9,11-12,15-16H2,1-2H3,(H,32,38)/t18?,19?,24-/m1/s1. The highest BCUT2D eigenvalue weighted by atomic mass is 19.1. The van der Waals surface area contributed by atoms with E-state index in [4.69, 9.17) is 0 Å². The maximum absolute atomic E-state index is 14.7. The van der Waals surface area contributed by atoms with E-state index in [1.807, 2.05) is 0 Å². The second-order valence-electron chi connectivity index (χ2n) is 11.5. The molecule has 1 atom stereocenters. The third kappa shape index (κ3) is 4.91. The summed E-state index contributed by atoms with van der Waals surface area (Å²) in [6, 6.07) is 5.71. The van der Waals surface area contributed by atoms with Crippen molar-refractivity contribution in [1.82, 2.24) is 24.4 Å². The number of fused-ring (bicyclic) bond motifs is 2. The van der Waals surface area contributed by atoms with Gasteiger partial charge in [-0.25, -0.2) is 13.9 Å². The second kappa shape index (κ2) is 10.1. The summed E-state index contributed by atoms with van der Waals surface area (Å²) in [7, 11) is 0. The molecule has 1 saturated heterocycles. The van der Waals surface area contributed by atoms with Gasteiger partial charge in [-0.3, -0.25) is 14.5 Å². The number of carbonyl (C=O) groups excluding carboxylic acids is 2. The molecule has 2 fully saturated rings. The molecular weight excluding hydrogens is 517 g/mol. The first kappa shape index (κ1) is 26.6. The molecule has 3 aromatic rings. The Morgan fingerprint density at radius 2 is 1.98 bits per heavy atom. The van der Waals surface area contributed by atoms with Gasteiger partial charge in [0.2, 0.25) is 0 Å². The molecule has 0 unspecified atom stereocenters. The van der Waals surface area contributed by atoms with Crippen LogP contribution < -0.4 is 10.2 Å². The Bertz CT molecular complexity index is 1440. The fourth-order valence-corrected chi connectivity index (χ4v) is 5.70. The molecule has 2 aliphatic heterocycles. The van der Waals surface area contributed by atoms with Crippen molar-refractivity contribution >= 4 is 28.8 Å². The number of aliphatic hydroxyl groups is 2. The summed E-state index contributed by atoms with van der Waals surface area (Å²) < 4.78 is 16.2. The SMILES string of the molecule is CC(C)(O)[C@H](F)CN1Cc2cc(NC(=O)c3cnn4cccnc34)c(N3CCN(C4CC(O)C4)CC3)cc2C1=O. The van der Waals surface area contributed by atoms with Crippen molar-refractivity contribution in [1.29, 1.82) is 0 Å². The fourth-order valence-electron chi connectivity index (χ4n) is 5.70. The molecule has 2 aromatic heterocycles. The van der Waals surface area contributed by atoms with Gasteiger partial charge in [0.1, 0.15) is 11.7 Å². The summed E-state index contributed by atoms with van der Waals surface area (Å²) in [5.41, 5.74) is 1.62. The Morgan fingerprint density at radius 3 is 2.67 bits per heavy atom. The van der Waals surface area contributed by atoms with Gasteiger partial charge in [0.15, 0.2) is 5.65 Å². The van der Waals surface area contributed by atoms with Gasteiger partial charge in [0.25, 0.3) is 11.8 Å². The summed E-state index contributed by atoms with van der Waals surface area (Å²) in [5.74, 6) is -0.668. The third-order valence-electron chi connectivity index (χ3n) is 8.28. The Kier molecular flexibility index (Phi) is 6.71. The van der Waals surface area contributed by atoms with Crippen LogP contribution in [0.1, 0.15) is 53.0 Å². The van der Waals surface area contributed by atoms with E-state index in [9.17, 15) is 24.2 Å². The molecule has 1 aliphatic carbocycles. The van der Waals surface area contributed by atoms with Gasteiger partial charge in [-0.1, -0.05) is 0 Å². The molecule has 3 N–H and O–H groups in total. The quantitative estimate of drug-likeness (QED) is 0.405. The van der Waals surface area contributed by atoms with Gasteiger partial charge in [-0.15, -0.1) is 0 Å². The zero-order valence-electron chi connectivity index (χ0n) is 22.6. The lowest BCUT2D eigenvalue weighted by atomic mass is 9.87. The van der Waals surface area contributed by atoms with Crippen LogP contribution in [0.15, 0.2) is 36.8 Å². The topological polar surface area (TPSA) is 127 Å². The minimum absolute atomic E-state index is 0.184. The Morgan fingerprint density at radius 1 is 1.23 bits per heavy atom. The molecule has 12 heteroatoms. The number of halogens is 1. The van der Waals surface area contributed by atoms with Crippen LogP contribution in [-0.2, 0) is 6.54 Å². The average molecular weight is 552 g/mol. The molecular formula is C28H34FN7O4. The van der Waals surface area contributed by atoms with Crippen molar-refractivity contribution in [2.24, 2.45) is 0 Å².